The molecular weight excluding hydrogens is 404 g/mol. The average molecular weight is 429 g/mol. The maximum atomic E-state index is 12.9. The highest BCUT2D eigenvalue weighted by molar-refractivity contribution is 8.00. The molecule has 156 valence electrons. The fraction of sp³-hybridized carbons (Fsp3) is 0.160. The summed E-state index contributed by atoms with van der Waals surface area (Å²) in [5, 5.41) is 3.35. The number of carbonyl (C=O) groups is 1. The third-order valence-corrected chi connectivity index (χ3v) is 6.10. The Labute approximate surface area is 186 Å². The number of nitrogens with zero attached hydrogens (tertiary/aromatic N) is 2. The zero-order valence-corrected chi connectivity index (χ0v) is 18.3. The van der Waals surface area contributed by atoms with Crippen molar-refractivity contribution in [2.24, 2.45) is 0 Å². The standard InChI is InChI=1S/C25H24N4OS/c1-3-20(24(30)27-21-16-10-11-17(2)26-21)31-25-28-22(18-12-6-4-7-13-18)23(29-25)19-14-8-5-9-15-19/h4-16,20H,3H2,1-2H3,(H,28,29)(H,26,27,30). The van der Waals surface area contributed by atoms with Gasteiger partial charge in [-0.25, -0.2) is 9.97 Å². The lowest BCUT2D eigenvalue weighted by Gasteiger charge is -2.13. The second kappa shape index (κ2) is 9.62. The number of hydrogen-bond acceptors (Lipinski definition) is 4. The number of aromatic nitrogens is 3. The number of thioether (sulfide) groups is 1. The molecule has 4 rings (SSSR count). The van der Waals surface area contributed by atoms with Gasteiger partial charge in [0.15, 0.2) is 5.16 Å². The van der Waals surface area contributed by atoms with Gasteiger partial charge in [-0.3, -0.25) is 4.79 Å². The van der Waals surface area contributed by atoms with E-state index in [0.717, 1.165) is 33.4 Å². The number of aryl methyl sites for hydroxylation is 1. The first-order valence-corrected chi connectivity index (χ1v) is 11.1. The molecule has 1 unspecified atom stereocenters. The summed E-state index contributed by atoms with van der Waals surface area (Å²) in [7, 11) is 0. The maximum Gasteiger partial charge on any atom is 0.239 e. The quantitative estimate of drug-likeness (QED) is 0.357. The number of benzene rings is 2. The van der Waals surface area contributed by atoms with Crippen molar-refractivity contribution < 1.29 is 4.79 Å². The predicted octanol–water partition coefficient (Wildman–Crippen LogP) is 5.96. The third kappa shape index (κ3) is 5.03. The lowest BCUT2D eigenvalue weighted by molar-refractivity contribution is -0.115. The molecule has 0 fully saturated rings. The molecule has 2 aromatic heterocycles. The van der Waals surface area contributed by atoms with Crippen molar-refractivity contribution in [2.75, 3.05) is 5.32 Å². The van der Waals surface area contributed by atoms with Crippen LogP contribution in [0.3, 0.4) is 0 Å². The van der Waals surface area contributed by atoms with Gasteiger partial charge in [0.1, 0.15) is 5.82 Å². The monoisotopic (exact) mass is 428 g/mol. The van der Waals surface area contributed by atoms with Gasteiger partial charge in [0.2, 0.25) is 5.91 Å². The van der Waals surface area contributed by atoms with Gasteiger partial charge in [-0.1, -0.05) is 85.4 Å². The van der Waals surface area contributed by atoms with E-state index in [2.05, 4.69) is 27.4 Å². The molecule has 0 aliphatic rings. The molecule has 2 heterocycles. The van der Waals surface area contributed by atoms with Crippen LogP contribution in [0.15, 0.2) is 84.0 Å². The topological polar surface area (TPSA) is 70.7 Å². The van der Waals surface area contributed by atoms with Gasteiger partial charge in [0.05, 0.1) is 16.6 Å². The highest BCUT2D eigenvalue weighted by atomic mass is 32.2. The highest BCUT2D eigenvalue weighted by Crippen LogP contribution is 2.34. The van der Waals surface area contributed by atoms with Crippen LogP contribution in [0.2, 0.25) is 0 Å². The Morgan fingerprint density at radius 1 is 0.935 bits per heavy atom. The minimum absolute atomic E-state index is 0.0791. The summed E-state index contributed by atoms with van der Waals surface area (Å²) in [5.74, 6) is 0.489. The summed E-state index contributed by atoms with van der Waals surface area (Å²) >= 11 is 1.44. The zero-order valence-electron chi connectivity index (χ0n) is 17.5. The molecular formula is C25H24N4OS. The number of pyridine rings is 1. The fourth-order valence-corrected chi connectivity index (χ4v) is 4.21. The van der Waals surface area contributed by atoms with E-state index >= 15 is 0 Å². The third-order valence-electron chi connectivity index (χ3n) is 4.85. The summed E-state index contributed by atoms with van der Waals surface area (Å²) in [6, 6.07) is 25.8. The first kappa shape index (κ1) is 20.9. The number of aromatic amines is 1. The zero-order chi connectivity index (χ0) is 21.6. The lowest BCUT2D eigenvalue weighted by atomic mass is 10.1. The van der Waals surface area contributed by atoms with Crippen LogP contribution in [-0.2, 0) is 4.79 Å². The molecule has 31 heavy (non-hydrogen) atoms. The predicted molar refractivity (Wildman–Crippen MR) is 127 cm³/mol. The van der Waals surface area contributed by atoms with Gasteiger partial charge < -0.3 is 10.3 Å². The number of hydrogen-bond donors (Lipinski definition) is 2. The van der Waals surface area contributed by atoms with E-state index in [-0.39, 0.29) is 11.2 Å². The van der Waals surface area contributed by atoms with E-state index in [1.165, 1.54) is 11.8 Å². The Morgan fingerprint density at radius 2 is 1.61 bits per heavy atom. The molecule has 5 nitrogen and oxygen atoms in total. The van der Waals surface area contributed by atoms with Crippen molar-refractivity contribution >= 4 is 23.5 Å². The molecule has 0 spiro atoms. The smallest absolute Gasteiger partial charge is 0.239 e. The maximum absolute atomic E-state index is 12.9. The minimum Gasteiger partial charge on any atom is -0.332 e. The molecule has 0 radical (unpaired) electrons. The summed E-state index contributed by atoms with van der Waals surface area (Å²) in [6.07, 6.45) is 0.671. The van der Waals surface area contributed by atoms with Crippen LogP contribution in [0, 0.1) is 6.92 Å². The molecule has 0 aliphatic heterocycles. The van der Waals surface area contributed by atoms with E-state index in [9.17, 15) is 4.79 Å². The molecule has 2 aromatic carbocycles. The number of nitrogens with one attached hydrogen (secondary N) is 2. The van der Waals surface area contributed by atoms with Crippen LogP contribution in [0.5, 0.6) is 0 Å². The number of H-pyrrole nitrogens is 1. The lowest BCUT2D eigenvalue weighted by Crippen LogP contribution is -2.25. The van der Waals surface area contributed by atoms with Crippen LogP contribution < -0.4 is 5.32 Å². The first-order valence-electron chi connectivity index (χ1n) is 10.3. The Balaban J connectivity index is 1.61. The molecule has 0 saturated carbocycles. The van der Waals surface area contributed by atoms with Crippen molar-refractivity contribution in [1.82, 2.24) is 15.0 Å². The highest BCUT2D eigenvalue weighted by Gasteiger charge is 2.22. The van der Waals surface area contributed by atoms with E-state index in [4.69, 9.17) is 4.98 Å². The van der Waals surface area contributed by atoms with E-state index < -0.39 is 0 Å². The van der Waals surface area contributed by atoms with Crippen molar-refractivity contribution in [2.45, 2.75) is 30.7 Å². The Kier molecular flexibility index (Phi) is 6.48. The summed E-state index contributed by atoms with van der Waals surface area (Å²) in [5.41, 5.74) is 4.78. The van der Waals surface area contributed by atoms with E-state index in [0.29, 0.717) is 12.2 Å². The average Bonchev–Trinajstić information content (AvgIpc) is 3.22. The first-order chi connectivity index (χ1) is 15.1. The molecule has 0 bridgehead atoms. The largest absolute Gasteiger partial charge is 0.332 e. The van der Waals surface area contributed by atoms with Crippen molar-refractivity contribution in [3.8, 4) is 22.5 Å². The van der Waals surface area contributed by atoms with Gasteiger partial charge >= 0.3 is 0 Å². The van der Waals surface area contributed by atoms with Crippen molar-refractivity contribution in [1.29, 1.82) is 0 Å². The fourth-order valence-electron chi connectivity index (χ4n) is 3.30. The second-order valence-corrected chi connectivity index (χ2v) is 8.36. The molecule has 1 atom stereocenters. The van der Waals surface area contributed by atoms with Crippen molar-refractivity contribution in [3.63, 3.8) is 0 Å². The van der Waals surface area contributed by atoms with Gasteiger partial charge in [0, 0.05) is 16.8 Å². The van der Waals surface area contributed by atoms with Crippen LogP contribution in [-0.4, -0.2) is 26.1 Å². The Bertz CT molecular complexity index is 1100. The molecule has 2 N–H and O–H groups in total. The van der Waals surface area contributed by atoms with Gasteiger partial charge in [0.25, 0.3) is 0 Å². The molecule has 1 amide bonds. The van der Waals surface area contributed by atoms with Gasteiger partial charge in [-0.05, 0) is 25.5 Å². The molecule has 6 heteroatoms. The van der Waals surface area contributed by atoms with Gasteiger partial charge in [-0.15, -0.1) is 0 Å². The molecule has 0 saturated heterocycles. The summed E-state index contributed by atoms with van der Waals surface area (Å²) in [4.78, 5) is 25.6. The molecule has 4 aromatic rings. The molecule has 0 aliphatic carbocycles. The summed E-state index contributed by atoms with van der Waals surface area (Å²) in [6.45, 7) is 3.90. The number of rotatable bonds is 7. The summed E-state index contributed by atoms with van der Waals surface area (Å²) < 4.78 is 0. The number of anilines is 1. The second-order valence-electron chi connectivity index (χ2n) is 7.17. The van der Waals surface area contributed by atoms with Crippen LogP contribution in [0.25, 0.3) is 22.5 Å². The Morgan fingerprint density at radius 3 is 2.26 bits per heavy atom. The minimum atomic E-state index is -0.291. The normalized spacial score (nSPS) is 11.8. The number of carbonyl (C=O) groups excluding carboxylic acids is 1. The van der Waals surface area contributed by atoms with E-state index in [1.807, 2.05) is 74.5 Å². The number of imidazole rings is 1. The van der Waals surface area contributed by atoms with Crippen LogP contribution in [0.4, 0.5) is 5.82 Å². The van der Waals surface area contributed by atoms with Crippen LogP contribution >= 0.6 is 11.8 Å². The SMILES string of the molecule is CCC(Sc1nc(-c2ccccc2)c(-c2ccccc2)[nH]1)C(=O)Nc1cccc(C)n1. The van der Waals surface area contributed by atoms with E-state index in [1.54, 1.807) is 6.07 Å². The Hall–Kier alpha value is -3.38. The van der Waals surface area contributed by atoms with Gasteiger partial charge in [-0.2, -0.15) is 0 Å². The number of amides is 1. The van der Waals surface area contributed by atoms with Crippen LogP contribution in [0.1, 0.15) is 19.0 Å². The van der Waals surface area contributed by atoms with Crippen molar-refractivity contribution in [3.05, 3.63) is 84.6 Å².